The summed E-state index contributed by atoms with van der Waals surface area (Å²) in [6.07, 6.45) is 0.748. The fourth-order valence-corrected chi connectivity index (χ4v) is 5.18. The Morgan fingerprint density at radius 3 is 2.47 bits per heavy atom. The normalized spacial score (nSPS) is 23.7. The van der Waals surface area contributed by atoms with Crippen LogP contribution in [0.25, 0.3) is 0 Å². The van der Waals surface area contributed by atoms with Crippen molar-refractivity contribution in [3.05, 3.63) is 24.3 Å². The Balaban J connectivity index is 1.40. The number of nitrogens with zero attached hydrogens (tertiary/aromatic N) is 3. The second-order valence-electron chi connectivity index (χ2n) is 9.62. The first kappa shape index (κ1) is 24.6. The molecule has 34 heavy (non-hydrogen) atoms. The maximum absolute atomic E-state index is 13.3. The van der Waals surface area contributed by atoms with E-state index in [9.17, 15) is 22.8 Å². The zero-order valence-corrected chi connectivity index (χ0v) is 19.6. The summed E-state index contributed by atoms with van der Waals surface area (Å²) >= 11 is 0. The van der Waals surface area contributed by atoms with Crippen molar-refractivity contribution in [1.82, 2.24) is 9.80 Å². The lowest BCUT2D eigenvalue weighted by molar-refractivity contribution is -0.274. The third-order valence-corrected chi connectivity index (χ3v) is 7.51. The maximum Gasteiger partial charge on any atom is 0.573 e. The number of likely N-dealkylation sites (tertiary alicyclic amines) is 1. The standard InChI is InChI=1S/C24H32F3N3O4/c1-17-21(31)30(15-14-29(17)18-4-3-5-19(16-18)34-24(25,26)27)20(22(32)33-2)6-11-28-12-9-23(7-8-23)10-13-28/h3-5,16-17,20H,6-15H2,1-2H3. The minimum Gasteiger partial charge on any atom is -0.467 e. The minimum absolute atomic E-state index is 0.251. The highest BCUT2D eigenvalue weighted by Gasteiger charge is 2.45. The van der Waals surface area contributed by atoms with Gasteiger partial charge in [-0.05, 0) is 69.7 Å². The number of carbonyl (C=O) groups is 2. The number of hydrogen-bond acceptors (Lipinski definition) is 6. The lowest BCUT2D eigenvalue weighted by atomic mass is 9.93. The van der Waals surface area contributed by atoms with Gasteiger partial charge in [-0.1, -0.05) is 6.07 Å². The average molecular weight is 484 g/mol. The first-order valence-corrected chi connectivity index (χ1v) is 11.8. The number of ether oxygens (including phenoxy) is 2. The van der Waals surface area contributed by atoms with Crippen LogP contribution in [0.5, 0.6) is 5.75 Å². The van der Waals surface area contributed by atoms with Crippen molar-refractivity contribution in [2.45, 2.75) is 57.5 Å². The van der Waals surface area contributed by atoms with Gasteiger partial charge in [-0.15, -0.1) is 13.2 Å². The number of amides is 1. The van der Waals surface area contributed by atoms with Crippen molar-refractivity contribution in [1.29, 1.82) is 0 Å². The molecule has 1 amide bonds. The summed E-state index contributed by atoms with van der Waals surface area (Å²) in [4.78, 5) is 31.5. The molecule has 1 aliphatic carbocycles. The maximum atomic E-state index is 13.3. The number of piperazine rings is 1. The van der Waals surface area contributed by atoms with Gasteiger partial charge in [-0.2, -0.15) is 0 Å². The Hall–Kier alpha value is -2.49. The molecule has 3 aliphatic rings. The number of methoxy groups -OCH3 is 1. The molecule has 2 atom stereocenters. The van der Waals surface area contributed by atoms with Crippen LogP contribution in [-0.2, 0) is 14.3 Å². The van der Waals surface area contributed by atoms with E-state index in [1.807, 2.05) is 0 Å². The van der Waals surface area contributed by atoms with Crippen LogP contribution in [0.4, 0.5) is 18.9 Å². The number of rotatable bonds is 7. The molecule has 4 rings (SSSR count). The summed E-state index contributed by atoms with van der Waals surface area (Å²) in [6.45, 7) is 5.09. The van der Waals surface area contributed by atoms with Gasteiger partial charge in [0.1, 0.15) is 17.8 Å². The Bertz CT molecular complexity index is 896. The van der Waals surface area contributed by atoms with Crippen molar-refractivity contribution in [2.75, 3.05) is 44.7 Å². The van der Waals surface area contributed by atoms with E-state index in [1.165, 1.54) is 51.0 Å². The van der Waals surface area contributed by atoms with Crippen molar-refractivity contribution in [3.63, 3.8) is 0 Å². The zero-order chi connectivity index (χ0) is 24.5. The molecule has 2 unspecified atom stereocenters. The van der Waals surface area contributed by atoms with Crippen LogP contribution in [0.3, 0.4) is 0 Å². The van der Waals surface area contributed by atoms with Gasteiger partial charge in [0.25, 0.3) is 0 Å². The van der Waals surface area contributed by atoms with E-state index in [-0.39, 0.29) is 18.2 Å². The fourth-order valence-electron chi connectivity index (χ4n) is 5.18. The molecule has 188 valence electrons. The number of benzene rings is 1. The highest BCUT2D eigenvalue weighted by molar-refractivity contribution is 5.90. The number of anilines is 1. The molecule has 3 fully saturated rings. The lowest BCUT2D eigenvalue weighted by Crippen LogP contribution is -2.61. The number of alkyl halides is 3. The number of halogens is 3. The molecule has 1 aromatic carbocycles. The van der Waals surface area contributed by atoms with Crippen LogP contribution in [0, 0.1) is 5.41 Å². The highest BCUT2D eigenvalue weighted by atomic mass is 19.4. The number of hydrogen-bond donors (Lipinski definition) is 0. The van der Waals surface area contributed by atoms with Crippen molar-refractivity contribution in [2.24, 2.45) is 5.41 Å². The largest absolute Gasteiger partial charge is 0.573 e. The molecule has 2 saturated heterocycles. The van der Waals surface area contributed by atoms with Gasteiger partial charge in [-0.25, -0.2) is 4.79 Å². The van der Waals surface area contributed by atoms with Gasteiger partial charge in [0.05, 0.1) is 7.11 Å². The van der Waals surface area contributed by atoms with Crippen LogP contribution >= 0.6 is 0 Å². The second-order valence-corrected chi connectivity index (χ2v) is 9.62. The van der Waals surface area contributed by atoms with Crippen molar-refractivity contribution < 1.29 is 32.2 Å². The number of piperidine rings is 1. The summed E-state index contributed by atoms with van der Waals surface area (Å²) in [5.74, 6) is -1.03. The van der Waals surface area contributed by atoms with Gasteiger partial charge in [0, 0.05) is 31.4 Å². The van der Waals surface area contributed by atoms with Crippen LogP contribution in [0.2, 0.25) is 0 Å². The summed E-state index contributed by atoms with van der Waals surface area (Å²) in [5, 5.41) is 0. The van der Waals surface area contributed by atoms with Crippen LogP contribution < -0.4 is 9.64 Å². The van der Waals surface area contributed by atoms with E-state index in [0.717, 1.165) is 13.1 Å². The number of carbonyl (C=O) groups excluding carboxylic acids is 2. The third kappa shape index (κ3) is 5.59. The molecule has 10 heteroatoms. The van der Waals surface area contributed by atoms with Gasteiger partial charge >= 0.3 is 12.3 Å². The SMILES string of the molecule is COC(=O)C(CCN1CCC2(CC1)CC2)N1CCN(c2cccc(OC(F)(F)F)c2)C(C)C1=O. The molecule has 0 aromatic heterocycles. The molecule has 0 bridgehead atoms. The molecule has 0 radical (unpaired) electrons. The predicted octanol–water partition coefficient (Wildman–Crippen LogP) is 3.43. The zero-order valence-electron chi connectivity index (χ0n) is 19.6. The second kappa shape index (κ2) is 9.64. The third-order valence-electron chi connectivity index (χ3n) is 7.51. The van der Waals surface area contributed by atoms with Gasteiger partial charge < -0.3 is 24.2 Å². The molecule has 7 nitrogen and oxygen atoms in total. The van der Waals surface area contributed by atoms with E-state index in [0.29, 0.717) is 30.6 Å². The monoisotopic (exact) mass is 483 g/mol. The van der Waals surface area contributed by atoms with E-state index in [2.05, 4.69) is 9.64 Å². The molecule has 2 heterocycles. The van der Waals surface area contributed by atoms with E-state index in [1.54, 1.807) is 22.8 Å². The smallest absolute Gasteiger partial charge is 0.467 e. The summed E-state index contributed by atoms with van der Waals surface area (Å²) in [7, 11) is 1.32. The first-order valence-electron chi connectivity index (χ1n) is 11.8. The van der Waals surface area contributed by atoms with Crippen molar-refractivity contribution >= 4 is 17.6 Å². The Labute approximate surface area is 197 Å². The molecule has 1 spiro atoms. The van der Waals surface area contributed by atoms with Gasteiger partial charge in [-0.3, -0.25) is 4.79 Å². The Morgan fingerprint density at radius 1 is 1.15 bits per heavy atom. The molecule has 0 N–H and O–H groups in total. The Morgan fingerprint density at radius 2 is 1.85 bits per heavy atom. The predicted molar refractivity (Wildman–Crippen MR) is 119 cm³/mol. The van der Waals surface area contributed by atoms with Crippen LogP contribution in [0.1, 0.15) is 39.0 Å². The minimum atomic E-state index is -4.79. The Kier molecular flexibility index (Phi) is 6.98. The van der Waals surface area contributed by atoms with Gasteiger partial charge in [0.15, 0.2) is 0 Å². The molecule has 1 saturated carbocycles. The average Bonchev–Trinajstić information content (AvgIpc) is 3.55. The summed E-state index contributed by atoms with van der Waals surface area (Å²) < 4.78 is 46.9. The van der Waals surface area contributed by atoms with Crippen molar-refractivity contribution in [3.8, 4) is 5.75 Å². The van der Waals surface area contributed by atoms with Crippen LogP contribution in [-0.4, -0.2) is 80.0 Å². The fraction of sp³-hybridized carbons (Fsp3) is 0.667. The van der Waals surface area contributed by atoms with Gasteiger partial charge in [0.2, 0.25) is 5.91 Å². The summed E-state index contributed by atoms with van der Waals surface area (Å²) in [5.41, 5.74) is 1.03. The van der Waals surface area contributed by atoms with E-state index < -0.39 is 24.4 Å². The molecule has 2 aliphatic heterocycles. The number of esters is 1. The lowest BCUT2D eigenvalue weighted by Gasteiger charge is -2.43. The molecular weight excluding hydrogens is 451 g/mol. The summed E-state index contributed by atoms with van der Waals surface area (Å²) in [6, 6.07) is 4.27. The van der Waals surface area contributed by atoms with Crippen LogP contribution in [0.15, 0.2) is 24.3 Å². The quantitative estimate of drug-likeness (QED) is 0.554. The topological polar surface area (TPSA) is 62.3 Å². The first-order chi connectivity index (χ1) is 16.1. The van der Waals surface area contributed by atoms with E-state index >= 15 is 0 Å². The van der Waals surface area contributed by atoms with E-state index in [4.69, 9.17) is 4.74 Å². The molecule has 1 aromatic rings. The molecular formula is C24H32F3N3O4. The highest BCUT2D eigenvalue weighted by Crippen LogP contribution is 2.53.